The lowest BCUT2D eigenvalue weighted by molar-refractivity contribution is -0.121. The summed E-state index contributed by atoms with van der Waals surface area (Å²) in [5, 5.41) is 19.4. The summed E-state index contributed by atoms with van der Waals surface area (Å²) < 4.78 is 29.4. The number of phenolic OH excluding ortho intramolecular Hbond substituents is 2. The molecule has 0 aromatic heterocycles. The van der Waals surface area contributed by atoms with Gasteiger partial charge in [0.1, 0.15) is 11.5 Å². The van der Waals surface area contributed by atoms with Crippen LogP contribution in [0.5, 0.6) is 11.5 Å². The molecule has 2 aromatic carbocycles. The summed E-state index contributed by atoms with van der Waals surface area (Å²) in [5.41, 5.74) is 1.31. The zero-order valence-electron chi connectivity index (χ0n) is 16.1. The number of carbonyl (C=O) groups excluding carboxylic acids is 1. The molecule has 0 unspecified atom stereocenters. The fraction of sp³-hybridized carbons (Fsp3) is 0.143. The number of carbonyl (C=O) groups is 1. The molecule has 156 valence electrons. The molecule has 1 heterocycles. The van der Waals surface area contributed by atoms with Crippen molar-refractivity contribution < 1.29 is 23.4 Å². The highest BCUT2D eigenvalue weighted by molar-refractivity contribution is 8.19. The van der Waals surface area contributed by atoms with Crippen LogP contribution in [0.1, 0.15) is 18.1 Å². The molecule has 30 heavy (non-hydrogen) atoms. The molecule has 0 saturated carbocycles. The highest BCUT2D eigenvalue weighted by Crippen LogP contribution is 2.35. The van der Waals surface area contributed by atoms with Gasteiger partial charge in [-0.3, -0.25) is 9.69 Å². The van der Waals surface area contributed by atoms with Crippen LogP contribution in [0.4, 0.5) is 0 Å². The Morgan fingerprint density at radius 2 is 1.87 bits per heavy atom. The summed E-state index contributed by atoms with van der Waals surface area (Å²) in [5.74, 6) is -0.779. The maximum atomic E-state index is 12.8. The van der Waals surface area contributed by atoms with Crippen molar-refractivity contribution in [2.45, 2.75) is 18.2 Å². The van der Waals surface area contributed by atoms with Gasteiger partial charge in [0.15, 0.2) is 5.17 Å². The van der Waals surface area contributed by atoms with Gasteiger partial charge in [-0.15, -0.1) is 11.0 Å². The normalized spacial score (nSPS) is 17.1. The highest BCUT2D eigenvalue weighted by atomic mass is 32.2. The van der Waals surface area contributed by atoms with E-state index in [2.05, 4.69) is 11.0 Å². The van der Waals surface area contributed by atoms with Gasteiger partial charge in [0.25, 0.3) is 15.9 Å². The first-order valence-electron chi connectivity index (χ1n) is 9.03. The van der Waals surface area contributed by atoms with E-state index < -0.39 is 15.9 Å². The van der Waals surface area contributed by atoms with Gasteiger partial charge < -0.3 is 10.2 Å². The van der Waals surface area contributed by atoms with Gasteiger partial charge in [-0.25, -0.2) is 0 Å². The molecule has 2 N–H and O–H groups in total. The van der Waals surface area contributed by atoms with Crippen molar-refractivity contribution >= 4 is 38.9 Å². The Morgan fingerprint density at radius 3 is 2.47 bits per heavy atom. The lowest BCUT2D eigenvalue weighted by Gasteiger charge is -2.12. The summed E-state index contributed by atoms with van der Waals surface area (Å²) in [7, 11) is -4.02. The number of hydrogen-bond donors (Lipinski definition) is 2. The van der Waals surface area contributed by atoms with E-state index in [1.165, 1.54) is 41.3 Å². The predicted molar refractivity (Wildman–Crippen MR) is 118 cm³/mol. The van der Waals surface area contributed by atoms with Crippen molar-refractivity contribution in [3.63, 3.8) is 0 Å². The molecule has 0 bridgehead atoms. The number of amides is 1. The number of benzene rings is 2. The number of hydrogen-bond acceptors (Lipinski definition) is 6. The number of rotatable bonds is 6. The average molecular weight is 445 g/mol. The summed E-state index contributed by atoms with van der Waals surface area (Å²) in [6.45, 7) is 5.65. The Hall–Kier alpha value is -3.04. The minimum atomic E-state index is -4.02. The van der Waals surface area contributed by atoms with Crippen molar-refractivity contribution in [2.24, 2.45) is 4.40 Å². The minimum absolute atomic E-state index is 0.00369. The fourth-order valence-electron chi connectivity index (χ4n) is 2.71. The second kappa shape index (κ2) is 8.76. The Bertz CT molecular complexity index is 1150. The van der Waals surface area contributed by atoms with Crippen LogP contribution in [0.3, 0.4) is 0 Å². The average Bonchev–Trinajstić information content (AvgIpc) is 2.98. The van der Waals surface area contributed by atoms with Crippen LogP contribution in [0.15, 0.2) is 69.3 Å². The van der Waals surface area contributed by atoms with Gasteiger partial charge >= 0.3 is 0 Å². The maximum absolute atomic E-state index is 12.8. The monoisotopic (exact) mass is 444 g/mol. The molecule has 0 radical (unpaired) electrons. The molecule has 7 nitrogen and oxygen atoms in total. The first kappa shape index (κ1) is 21.7. The van der Waals surface area contributed by atoms with E-state index in [0.29, 0.717) is 5.56 Å². The Morgan fingerprint density at radius 1 is 1.17 bits per heavy atom. The third kappa shape index (κ3) is 4.58. The molecule has 2 aromatic rings. The minimum Gasteiger partial charge on any atom is -0.508 e. The fourth-order valence-corrected chi connectivity index (χ4v) is 4.89. The van der Waals surface area contributed by atoms with Gasteiger partial charge in [0, 0.05) is 18.2 Å². The van der Waals surface area contributed by atoms with E-state index in [-0.39, 0.29) is 33.0 Å². The van der Waals surface area contributed by atoms with Crippen LogP contribution in [0.2, 0.25) is 0 Å². The molecule has 1 aliphatic heterocycles. The Balaban J connectivity index is 1.99. The quantitative estimate of drug-likeness (QED) is 0.522. The summed E-state index contributed by atoms with van der Waals surface area (Å²) >= 11 is 0.891. The highest BCUT2D eigenvalue weighted by Gasteiger charge is 2.34. The molecular weight excluding hydrogens is 424 g/mol. The second-order valence-corrected chi connectivity index (χ2v) is 9.02. The van der Waals surface area contributed by atoms with Crippen molar-refractivity contribution in [1.82, 2.24) is 4.90 Å². The lowest BCUT2D eigenvalue weighted by Crippen LogP contribution is -2.29. The van der Waals surface area contributed by atoms with Gasteiger partial charge in [-0.2, -0.15) is 8.42 Å². The number of aryl methyl sites for hydroxylation is 1. The molecule has 1 fully saturated rings. The molecular formula is C21H20N2O5S2. The zero-order valence-corrected chi connectivity index (χ0v) is 17.8. The topological polar surface area (TPSA) is 107 Å². The first-order valence-corrected chi connectivity index (χ1v) is 11.3. The molecule has 1 saturated heterocycles. The maximum Gasteiger partial charge on any atom is 0.284 e. The van der Waals surface area contributed by atoms with Crippen molar-refractivity contribution in [3.8, 4) is 11.5 Å². The number of aromatic hydroxyl groups is 2. The van der Waals surface area contributed by atoms with Crippen LogP contribution in [0, 0.1) is 0 Å². The van der Waals surface area contributed by atoms with E-state index >= 15 is 0 Å². The third-order valence-corrected chi connectivity index (χ3v) is 6.73. The van der Waals surface area contributed by atoms with Crippen molar-refractivity contribution in [1.29, 1.82) is 0 Å². The van der Waals surface area contributed by atoms with E-state index in [4.69, 9.17) is 0 Å². The molecule has 3 rings (SSSR count). The van der Waals surface area contributed by atoms with Gasteiger partial charge in [0.05, 0.1) is 9.80 Å². The number of amidine groups is 1. The molecule has 0 spiro atoms. The Kier molecular flexibility index (Phi) is 6.33. The SMILES string of the molecule is C=CCN1C(=O)/C(=C/c2ccc(O)cc2O)S/C1=N/S(=O)(=O)c1ccc(CC)cc1. The second-order valence-electron chi connectivity index (χ2n) is 6.40. The molecule has 0 aliphatic carbocycles. The number of sulfonamides is 1. The smallest absolute Gasteiger partial charge is 0.284 e. The summed E-state index contributed by atoms with van der Waals surface area (Å²) in [6, 6.07) is 10.4. The standard InChI is InChI=1S/C21H20N2O5S2/c1-3-11-23-20(26)19(12-15-7-8-16(24)13-18(15)25)29-21(23)22-30(27,28)17-9-5-14(4-2)6-10-17/h3,5-10,12-13,24-25H,1,4,11H2,2H3/b19-12-,22-21+. The molecule has 9 heteroatoms. The summed E-state index contributed by atoms with van der Waals surface area (Å²) in [6.07, 6.45) is 3.67. The first-order chi connectivity index (χ1) is 14.2. The van der Waals surface area contributed by atoms with Crippen molar-refractivity contribution in [2.75, 3.05) is 6.54 Å². The van der Waals surface area contributed by atoms with Crippen LogP contribution in [-0.2, 0) is 21.2 Å². The van der Waals surface area contributed by atoms with Gasteiger partial charge in [-0.05, 0) is 54.1 Å². The largest absolute Gasteiger partial charge is 0.508 e. The van der Waals surface area contributed by atoms with Crippen molar-refractivity contribution in [3.05, 3.63) is 71.2 Å². The number of phenols is 2. The van der Waals surface area contributed by atoms with E-state index in [1.54, 1.807) is 12.1 Å². The molecule has 0 atom stereocenters. The number of nitrogens with zero attached hydrogens (tertiary/aromatic N) is 2. The van der Waals surface area contributed by atoms with Crippen LogP contribution < -0.4 is 0 Å². The van der Waals surface area contributed by atoms with Gasteiger partial charge in [0.2, 0.25) is 0 Å². The Labute approximate surface area is 179 Å². The zero-order chi connectivity index (χ0) is 21.9. The lowest BCUT2D eigenvalue weighted by atomic mass is 10.1. The van der Waals surface area contributed by atoms with E-state index in [0.717, 1.165) is 29.8 Å². The van der Waals surface area contributed by atoms with Gasteiger partial charge in [-0.1, -0.05) is 25.1 Å². The summed E-state index contributed by atoms with van der Waals surface area (Å²) in [4.78, 5) is 14.2. The van der Waals surface area contributed by atoms with E-state index in [9.17, 15) is 23.4 Å². The van der Waals surface area contributed by atoms with E-state index in [1.807, 2.05) is 6.92 Å². The molecule has 1 amide bonds. The van der Waals surface area contributed by atoms with Crippen LogP contribution in [0.25, 0.3) is 6.08 Å². The molecule has 1 aliphatic rings. The predicted octanol–water partition coefficient (Wildman–Crippen LogP) is 3.51. The number of thioether (sulfide) groups is 1. The van der Waals surface area contributed by atoms with Crippen LogP contribution >= 0.6 is 11.8 Å². The van der Waals surface area contributed by atoms with Crippen LogP contribution in [-0.4, -0.2) is 41.2 Å². The third-order valence-electron chi connectivity index (χ3n) is 4.33.